The van der Waals surface area contributed by atoms with E-state index >= 15 is 0 Å². The van der Waals surface area contributed by atoms with Gasteiger partial charge >= 0.3 is 0 Å². The minimum atomic E-state index is -0.608. The molecule has 1 aromatic carbocycles. The number of amides is 1. The summed E-state index contributed by atoms with van der Waals surface area (Å²) >= 11 is 1.25. The number of nitrogens with zero attached hydrogens (tertiary/aromatic N) is 1. The monoisotopic (exact) mass is 325 g/mol. The predicted octanol–water partition coefficient (Wildman–Crippen LogP) is 3.08. The van der Waals surface area contributed by atoms with Crippen LogP contribution in [0.4, 0.5) is 13.9 Å². The SMILES string of the molecule is CCCC(N)C(=O)Nc1ncc(Cc2ccc(F)cc2F)s1. The van der Waals surface area contributed by atoms with Crippen molar-refractivity contribution in [1.29, 1.82) is 0 Å². The van der Waals surface area contributed by atoms with Gasteiger partial charge in [0, 0.05) is 23.6 Å². The largest absolute Gasteiger partial charge is 0.320 e. The highest BCUT2D eigenvalue weighted by Crippen LogP contribution is 2.23. The van der Waals surface area contributed by atoms with Crippen molar-refractivity contribution in [2.24, 2.45) is 5.73 Å². The van der Waals surface area contributed by atoms with E-state index in [-0.39, 0.29) is 5.91 Å². The number of rotatable bonds is 6. The van der Waals surface area contributed by atoms with Gasteiger partial charge in [0.1, 0.15) is 11.6 Å². The van der Waals surface area contributed by atoms with E-state index < -0.39 is 17.7 Å². The number of halogens is 2. The van der Waals surface area contributed by atoms with Crippen LogP contribution in [0.3, 0.4) is 0 Å². The lowest BCUT2D eigenvalue weighted by atomic mass is 10.1. The van der Waals surface area contributed by atoms with Gasteiger partial charge in [-0.05, 0) is 18.1 Å². The highest BCUT2D eigenvalue weighted by Gasteiger charge is 2.14. The first-order valence-corrected chi connectivity index (χ1v) is 7.76. The molecule has 1 amide bonds. The standard InChI is InChI=1S/C15H17F2N3OS/c1-2-3-13(18)14(21)20-15-19-8-11(22-15)6-9-4-5-10(16)7-12(9)17/h4-5,7-8,13H,2-3,6,18H2,1H3,(H,19,20,21). The van der Waals surface area contributed by atoms with E-state index in [0.717, 1.165) is 17.4 Å². The summed E-state index contributed by atoms with van der Waals surface area (Å²) in [6.07, 6.45) is 3.28. The highest BCUT2D eigenvalue weighted by molar-refractivity contribution is 7.15. The lowest BCUT2D eigenvalue weighted by Gasteiger charge is -2.08. The zero-order valence-corrected chi connectivity index (χ0v) is 12.9. The Bertz CT molecular complexity index is 660. The molecule has 7 heteroatoms. The van der Waals surface area contributed by atoms with Gasteiger partial charge in [-0.25, -0.2) is 13.8 Å². The molecule has 0 aliphatic rings. The minimum absolute atomic E-state index is 0.282. The number of carbonyl (C=O) groups excluding carboxylic acids is 1. The summed E-state index contributed by atoms with van der Waals surface area (Å²) < 4.78 is 26.5. The summed E-state index contributed by atoms with van der Waals surface area (Å²) in [5.74, 6) is -1.48. The summed E-state index contributed by atoms with van der Waals surface area (Å²) in [5.41, 5.74) is 6.10. The first kappa shape index (κ1) is 16.5. The van der Waals surface area contributed by atoms with Gasteiger partial charge in [-0.3, -0.25) is 4.79 Å². The maximum atomic E-state index is 13.6. The van der Waals surface area contributed by atoms with Gasteiger partial charge in [0.2, 0.25) is 5.91 Å². The van der Waals surface area contributed by atoms with E-state index in [4.69, 9.17) is 5.73 Å². The molecular weight excluding hydrogens is 308 g/mol. The Hall–Kier alpha value is -1.86. The molecule has 0 bridgehead atoms. The Balaban J connectivity index is 2.01. The number of aromatic nitrogens is 1. The fourth-order valence-electron chi connectivity index (χ4n) is 1.94. The minimum Gasteiger partial charge on any atom is -0.320 e. The highest BCUT2D eigenvalue weighted by atomic mass is 32.1. The normalized spacial score (nSPS) is 12.2. The molecule has 1 atom stereocenters. The van der Waals surface area contributed by atoms with E-state index in [1.165, 1.54) is 23.5 Å². The first-order chi connectivity index (χ1) is 10.5. The van der Waals surface area contributed by atoms with Crippen molar-refractivity contribution in [3.8, 4) is 0 Å². The van der Waals surface area contributed by atoms with Crippen LogP contribution < -0.4 is 11.1 Å². The average molecular weight is 325 g/mol. The van der Waals surface area contributed by atoms with E-state index in [1.807, 2.05) is 6.92 Å². The van der Waals surface area contributed by atoms with Gasteiger partial charge in [0.05, 0.1) is 6.04 Å². The summed E-state index contributed by atoms with van der Waals surface area (Å²) in [5, 5.41) is 3.07. The lowest BCUT2D eigenvalue weighted by Crippen LogP contribution is -2.35. The van der Waals surface area contributed by atoms with Crippen molar-refractivity contribution >= 4 is 22.4 Å². The predicted molar refractivity (Wildman–Crippen MR) is 82.8 cm³/mol. The molecule has 0 fully saturated rings. The first-order valence-electron chi connectivity index (χ1n) is 6.94. The Morgan fingerprint density at radius 3 is 2.91 bits per heavy atom. The average Bonchev–Trinajstić information content (AvgIpc) is 2.89. The number of anilines is 1. The van der Waals surface area contributed by atoms with Crippen LogP contribution in [0, 0.1) is 11.6 Å². The summed E-state index contributed by atoms with van der Waals surface area (Å²) in [7, 11) is 0. The quantitative estimate of drug-likeness (QED) is 0.857. The second-order valence-corrected chi connectivity index (χ2v) is 6.04. The van der Waals surface area contributed by atoms with E-state index in [9.17, 15) is 13.6 Å². The van der Waals surface area contributed by atoms with Crippen LogP contribution in [-0.4, -0.2) is 16.9 Å². The number of nitrogens with one attached hydrogen (secondary N) is 1. The molecule has 1 unspecified atom stereocenters. The summed E-state index contributed by atoms with van der Waals surface area (Å²) in [4.78, 5) is 16.6. The molecule has 2 rings (SSSR count). The molecule has 22 heavy (non-hydrogen) atoms. The number of hydrogen-bond acceptors (Lipinski definition) is 4. The smallest absolute Gasteiger partial charge is 0.243 e. The van der Waals surface area contributed by atoms with Crippen LogP contribution in [0.2, 0.25) is 0 Å². The Morgan fingerprint density at radius 1 is 1.45 bits per heavy atom. The third-order valence-corrected chi connectivity index (χ3v) is 4.01. The number of carbonyl (C=O) groups is 1. The second-order valence-electron chi connectivity index (χ2n) is 4.93. The lowest BCUT2D eigenvalue weighted by molar-refractivity contribution is -0.117. The van der Waals surface area contributed by atoms with Crippen LogP contribution in [0.15, 0.2) is 24.4 Å². The Kier molecular flexibility index (Phi) is 5.57. The number of thiazole rings is 1. The second kappa shape index (κ2) is 7.42. The van der Waals surface area contributed by atoms with Gasteiger partial charge in [0.15, 0.2) is 5.13 Å². The van der Waals surface area contributed by atoms with E-state index in [1.54, 1.807) is 6.20 Å². The molecule has 0 saturated heterocycles. The molecular formula is C15H17F2N3OS. The molecule has 0 saturated carbocycles. The van der Waals surface area contributed by atoms with Gasteiger partial charge in [0.25, 0.3) is 0 Å². The number of hydrogen-bond donors (Lipinski definition) is 2. The molecule has 1 heterocycles. The summed E-state index contributed by atoms with van der Waals surface area (Å²) in [6.45, 7) is 1.95. The van der Waals surface area contributed by atoms with Crippen LogP contribution in [0.5, 0.6) is 0 Å². The Morgan fingerprint density at radius 2 is 2.23 bits per heavy atom. The topological polar surface area (TPSA) is 68.0 Å². The maximum Gasteiger partial charge on any atom is 0.243 e. The molecule has 0 aliphatic heterocycles. The van der Waals surface area contributed by atoms with Crippen molar-refractivity contribution in [2.45, 2.75) is 32.2 Å². The zero-order chi connectivity index (χ0) is 16.1. The zero-order valence-electron chi connectivity index (χ0n) is 12.1. The van der Waals surface area contributed by atoms with E-state index in [2.05, 4.69) is 10.3 Å². The van der Waals surface area contributed by atoms with Crippen LogP contribution >= 0.6 is 11.3 Å². The van der Waals surface area contributed by atoms with Crippen LogP contribution in [0.25, 0.3) is 0 Å². The van der Waals surface area contributed by atoms with Gasteiger partial charge in [-0.15, -0.1) is 11.3 Å². The van der Waals surface area contributed by atoms with E-state index in [0.29, 0.717) is 23.5 Å². The third kappa shape index (κ3) is 4.32. The van der Waals surface area contributed by atoms with Gasteiger partial charge in [-0.1, -0.05) is 19.4 Å². The van der Waals surface area contributed by atoms with Crippen LogP contribution in [-0.2, 0) is 11.2 Å². The molecule has 3 N–H and O–H groups in total. The fourth-order valence-corrected chi connectivity index (χ4v) is 2.78. The molecule has 1 aromatic heterocycles. The Labute approximate surface area is 131 Å². The fraction of sp³-hybridized carbons (Fsp3) is 0.333. The summed E-state index contributed by atoms with van der Waals surface area (Å²) in [6, 6.07) is 2.90. The van der Waals surface area contributed by atoms with Crippen molar-refractivity contribution in [1.82, 2.24) is 4.98 Å². The number of nitrogens with two attached hydrogens (primary N) is 1. The number of benzene rings is 1. The molecule has 0 spiro atoms. The van der Waals surface area contributed by atoms with Crippen molar-refractivity contribution in [3.05, 3.63) is 46.5 Å². The molecule has 4 nitrogen and oxygen atoms in total. The van der Waals surface area contributed by atoms with Crippen molar-refractivity contribution in [2.75, 3.05) is 5.32 Å². The molecule has 2 aromatic rings. The molecule has 0 radical (unpaired) electrons. The van der Waals surface area contributed by atoms with Crippen LogP contribution in [0.1, 0.15) is 30.2 Å². The molecule has 0 aliphatic carbocycles. The van der Waals surface area contributed by atoms with Crippen molar-refractivity contribution in [3.63, 3.8) is 0 Å². The van der Waals surface area contributed by atoms with Crippen molar-refractivity contribution < 1.29 is 13.6 Å². The van der Waals surface area contributed by atoms with Gasteiger partial charge < -0.3 is 11.1 Å². The van der Waals surface area contributed by atoms with Gasteiger partial charge in [-0.2, -0.15) is 0 Å². The third-order valence-electron chi connectivity index (χ3n) is 3.10. The maximum absolute atomic E-state index is 13.6. The molecule has 118 valence electrons.